The molecule has 0 N–H and O–H groups in total. The van der Waals surface area contributed by atoms with Gasteiger partial charge in [-0.05, 0) is 56.2 Å². The summed E-state index contributed by atoms with van der Waals surface area (Å²) in [5.41, 5.74) is 2.31. The van der Waals surface area contributed by atoms with Gasteiger partial charge in [0, 0.05) is 18.0 Å². The van der Waals surface area contributed by atoms with Gasteiger partial charge in [-0.15, -0.1) is 11.3 Å². The first kappa shape index (κ1) is 24.9. The smallest absolute Gasteiger partial charge is 0.224 e. The number of hydrogen-bond donors (Lipinski definition) is 0. The van der Waals surface area contributed by atoms with Crippen LogP contribution in [0.5, 0.6) is 11.5 Å². The average Bonchev–Trinajstić information content (AvgIpc) is 3.16. The lowest BCUT2D eigenvalue weighted by Gasteiger charge is -2.25. The molecule has 0 amide bonds. The number of thiazole rings is 1. The van der Waals surface area contributed by atoms with Crippen molar-refractivity contribution in [3.63, 3.8) is 0 Å². The molecule has 33 heavy (non-hydrogen) atoms. The van der Waals surface area contributed by atoms with Crippen molar-refractivity contribution < 1.29 is 22.7 Å². The number of carbonyl (C=O) groups excluding carboxylic acids is 1. The lowest BCUT2D eigenvalue weighted by Crippen LogP contribution is -2.40. The molecule has 0 bridgehead atoms. The number of carbonyl (C=O) groups is 1. The maximum Gasteiger partial charge on any atom is 0.224 e. The molecule has 0 aliphatic rings. The van der Waals surface area contributed by atoms with Crippen LogP contribution in [-0.4, -0.2) is 43.0 Å². The largest absolute Gasteiger partial charge is 0.497 e. The Hall–Kier alpha value is -2.75. The number of ketones is 1. The van der Waals surface area contributed by atoms with E-state index in [1.165, 1.54) is 22.6 Å². The Morgan fingerprint density at radius 3 is 1.76 bits per heavy atom. The fraction of sp³-hybridized carbons (Fsp3) is 0.333. The molecule has 1 atom stereocenters. The van der Waals surface area contributed by atoms with Gasteiger partial charge in [-0.1, -0.05) is 24.3 Å². The first-order valence-electron chi connectivity index (χ1n) is 10.4. The van der Waals surface area contributed by atoms with Gasteiger partial charge in [-0.2, -0.15) is 4.31 Å². The second kappa shape index (κ2) is 10.5. The van der Waals surface area contributed by atoms with Crippen LogP contribution in [0.15, 0.2) is 48.5 Å². The summed E-state index contributed by atoms with van der Waals surface area (Å²) in [4.78, 5) is 18.2. The van der Waals surface area contributed by atoms with Crippen LogP contribution in [0.25, 0.3) is 0 Å². The fourth-order valence-corrected chi connectivity index (χ4v) is 5.72. The van der Waals surface area contributed by atoms with Gasteiger partial charge in [0.15, 0.2) is 5.01 Å². The Bertz CT molecular complexity index is 1130. The number of ether oxygens (including phenoxy) is 2. The Kier molecular flexibility index (Phi) is 7.88. The van der Waals surface area contributed by atoms with Gasteiger partial charge in [0.25, 0.3) is 0 Å². The highest BCUT2D eigenvalue weighted by atomic mass is 32.2. The van der Waals surface area contributed by atoms with E-state index in [-0.39, 0.29) is 18.1 Å². The molecule has 0 spiro atoms. The predicted octanol–water partition coefficient (Wildman–Crippen LogP) is 4.38. The summed E-state index contributed by atoms with van der Waals surface area (Å²) in [6, 6.07) is 14.4. The standard InChI is InChI=1S/C24H28N2O5S2/c1-16-17(2)32-24(25-16)23(27)18(3)33(28,29)26(14-19-6-10-21(30-4)11-7-19)15-20-8-12-22(31-5)13-9-20/h6-13,18H,14-15H2,1-5H3/t18-/m1/s1. The average molecular weight is 489 g/mol. The van der Waals surface area contributed by atoms with E-state index < -0.39 is 21.1 Å². The van der Waals surface area contributed by atoms with E-state index in [0.29, 0.717) is 11.5 Å². The zero-order valence-corrected chi connectivity index (χ0v) is 21.0. The van der Waals surface area contributed by atoms with E-state index in [0.717, 1.165) is 21.7 Å². The summed E-state index contributed by atoms with van der Waals surface area (Å²) >= 11 is 1.22. The van der Waals surface area contributed by atoms with E-state index in [1.807, 2.05) is 31.2 Å². The Labute approximate surface area is 199 Å². The Morgan fingerprint density at radius 1 is 0.939 bits per heavy atom. The van der Waals surface area contributed by atoms with Crippen LogP contribution in [0.2, 0.25) is 0 Å². The number of Topliss-reactive ketones (excluding diaryl/α,β-unsaturated/α-hetero) is 1. The van der Waals surface area contributed by atoms with Crippen molar-refractivity contribution in [3.05, 3.63) is 75.2 Å². The van der Waals surface area contributed by atoms with Gasteiger partial charge in [0.05, 0.1) is 19.9 Å². The molecule has 0 radical (unpaired) electrons. The van der Waals surface area contributed by atoms with Crippen molar-refractivity contribution in [2.24, 2.45) is 0 Å². The van der Waals surface area contributed by atoms with Crippen LogP contribution in [0.3, 0.4) is 0 Å². The molecule has 176 valence electrons. The first-order valence-corrected chi connectivity index (χ1v) is 12.7. The molecule has 3 rings (SSSR count). The number of hydrogen-bond acceptors (Lipinski definition) is 7. The van der Waals surface area contributed by atoms with Crippen molar-refractivity contribution in [1.82, 2.24) is 9.29 Å². The first-order chi connectivity index (χ1) is 15.6. The number of rotatable bonds is 10. The minimum atomic E-state index is -3.99. The summed E-state index contributed by atoms with van der Waals surface area (Å²) in [6.45, 7) is 5.33. The quantitative estimate of drug-likeness (QED) is 0.394. The lowest BCUT2D eigenvalue weighted by atomic mass is 10.2. The maximum absolute atomic E-state index is 13.6. The highest BCUT2D eigenvalue weighted by Crippen LogP contribution is 2.25. The third-order valence-corrected chi connectivity index (χ3v) is 8.62. The van der Waals surface area contributed by atoms with Gasteiger partial charge in [0.2, 0.25) is 15.8 Å². The number of aromatic nitrogens is 1. The number of sulfonamides is 1. The van der Waals surface area contributed by atoms with Crippen molar-refractivity contribution >= 4 is 27.1 Å². The molecule has 3 aromatic rings. The molecular weight excluding hydrogens is 460 g/mol. The van der Waals surface area contributed by atoms with E-state index in [4.69, 9.17) is 9.47 Å². The number of benzene rings is 2. The summed E-state index contributed by atoms with van der Waals surface area (Å²) in [5.74, 6) is 0.869. The van der Waals surface area contributed by atoms with E-state index >= 15 is 0 Å². The van der Waals surface area contributed by atoms with Gasteiger partial charge in [0.1, 0.15) is 16.7 Å². The summed E-state index contributed by atoms with van der Waals surface area (Å²) in [5, 5.41) is -1.05. The van der Waals surface area contributed by atoms with Gasteiger partial charge in [-0.3, -0.25) is 4.79 Å². The maximum atomic E-state index is 13.6. The van der Waals surface area contributed by atoms with Crippen molar-refractivity contribution in [1.29, 1.82) is 0 Å². The molecule has 0 saturated carbocycles. The summed E-state index contributed by atoms with van der Waals surface area (Å²) in [6.07, 6.45) is 0. The van der Waals surface area contributed by atoms with E-state index in [9.17, 15) is 13.2 Å². The van der Waals surface area contributed by atoms with Crippen molar-refractivity contribution in [3.8, 4) is 11.5 Å². The Morgan fingerprint density at radius 2 is 1.39 bits per heavy atom. The van der Waals surface area contributed by atoms with Gasteiger partial charge >= 0.3 is 0 Å². The van der Waals surface area contributed by atoms with Crippen LogP contribution >= 0.6 is 11.3 Å². The topological polar surface area (TPSA) is 85.8 Å². The minimum absolute atomic E-state index is 0.117. The molecule has 0 fully saturated rings. The normalized spacial score (nSPS) is 12.5. The minimum Gasteiger partial charge on any atom is -0.497 e. The van der Waals surface area contributed by atoms with Crippen molar-refractivity contribution in [2.75, 3.05) is 14.2 Å². The Balaban J connectivity index is 1.92. The molecule has 2 aromatic carbocycles. The van der Waals surface area contributed by atoms with Crippen LogP contribution in [0.4, 0.5) is 0 Å². The molecule has 1 heterocycles. The third kappa shape index (κ3) is 5.79. The molecule has 0 unspecified atom stereocenters. The van der Waals surface area contributed by atoms with Crippen LogP contribution < -0.4 is 9.47 Å². The summed E-state index contributed by atoms with van der Waals surface area (Å²) in [7, 11) is -0.843. The number of methoxy groups -OCH3 is 2. The molecular formula is C24H28N2O5S2. The van der Waals surface area contributed by atoms with E-state index in [1.54, 1.807) is 45.4 Å². The molecule has 9 heteroatoms. The second-order valence-electron chi connectivity index (χ2n) is 7.68. The van der Waals surface area contributed by atoms with Crippen LogP contribution in [0, 0.1) is 13.8 Å². The summed E-state index contributed by atoms with van der Waals surface area (Å²) < 4.78 is 39.0. The zero-order valence-electron chi connectivity index (χ0n) is 19.4. The molecule has 0 aliphatic carbocycles. The van der Waals surface area contributed by atoms with Crippen LogP contribution in [0.1, 0.15) is 38.4 Å². The molecule has 1 aromatic heterocycles. The van der Waals surface area contributed by atoms with E-state index in [2.05, 4.69) is 4.98 Å². The molecule has 7 nitrogen and oxygen atoms in total. The number of nitrogens with zero attached hydrogens (tertiary/aromatic N) is 2. The molecule has 0 saturated heterocycles. The highest BCUT2D eigenvalue weighted by Gasteiger charge is 2.36. The monoisotopic (exact) mass is 488 g/mol. The second-order valence-corrected chi connectivity index (χ2v) is 11.1. The number of aryl methyl sites for hydroxylation is 2. The molecule has 0 aliphatic heterocycles. The van der Waals surface area contributed by atoms with Crippen LogP contribution in [-0.2, 0) is 23.1 Å². The predicted molar refractivity (Wildman–Crippen MR) is 130 cm³/mol. The fourth-order valence-electron chi connectivity index (χ4n) is 3.22. The third-order valence-electron chi connectivity index (χ3n) is 5.45. The van der Waals surface area contributed by atoms with Crippen molar-refractivity contribution in [2.45, 2.75) is 39.1 Å². The lowest BCUT2D eigenvalue weighted by molar-refractivity contribution is 0.0988. The van der Waals surface area contributed by atoms with Gasteiger partial charge in [-0.25, -0.2) is 13.4 Å². The highest BCUT2D eigenvalue weighted by molar-refractivity contribution is 7.90. The van der Waals surface area contributed by atoms with Gasteiger partial charge < -0.3 is 9.47 Å². The SMILES string of the molecule is COc1ccc(CN(Cc2ccc(OC)cc2)S(=O)(=O)[C@H](C)C(=O)c2nc(C)c(C)s2)cc1. The zero-order chi connectivity index (χ0) is 24.2.